The van der Waals surface area contributed by atoms with Gasteiger partial charge in [0.25, 0.3) is 0 Å². The highest BCUT2D eigenvalue weighted by molar-refractivity contribution is 8.00. The summed E-state index contributed by atoms with van der Waals surface area (Å²) < 4.78 is 7.65. The Morgan fingerprint density at radius 2 is 1.90 bits per heavy atom. The Bertz CT molecular complexity index is 1370. The lowest BCUT2D eigenvalue weighted by molar-refractivity contribution is -0.123. The number of carbonyl (C=O) groups excluding carboxylic acids is 2. The second-order valence-electron chi connectivity index (χ2n) is 11.6. The minimum atomic E-state index is -0.326. The summed E-state index contributed by atoms with van der Waals surface area (Å²) in [5, 5.41) is 7.98. The van der Waals surface area contributed by atoms with E-state index < -0.39 is 0 Å². The normalized spacial score (nSPS) is 15.8. The van der Waals surface area contributed by atoms with Crippen LogP contribution in [0.2, 0.25) is 0 Å². The molecule has 0 unspecified atom stereocenters. The number of carbonyl (C=O) groups is 2. The summed E-state index contributed by atoms with van der Waals surface area (Å²) in [6, 6.07) is 14.2. The molecule has 1 aromatic heterocycles. The molecule has 1 N–H and O–H groups in total. The van der Waals surface area contributed by atoms with Crippen molar-refractivity contribution in [3.8, 4) is 11.4 Å². The van der Waals surface area contributed by atoms with Gasteiger partial charge in [-0.2, -0.15) is 5.10 Å². The smallest absolute Gasteiger partial charge is 0.240 e. The van der Waals surface area contributed by atoms with E-state index in [1.54, 1.807) is 23.8 Å². The summed E-state index contributed by atoms with van der Waals surface area (Å²) in [5.41, 5.74) is 5.57. The van der Waals surface area contributed by atoms with E-state index in [0.717, 1.165) is 39.4 Å². The molecule has 3 aromatic rings. The summed E-state index contributed by atoms with van der Waals surface area (Å²) in [4.78, 5) is 28.6. The molecule has 0 radical (unpaired) electrons. The van der Waals surface area contributed by atoms with Gasteiger partial charge in [0.15, 0.2) is 0 Å². The molecule has 1 aliphatic heterocycles. The van der Waals surface area contributed by atoms with Crippen LogP contribution in [0, 0.1) is 19.8 Å². The molecule has 0 saturated carbocycles. The fourth-order valence-electron chi connectivity index (χ4n) is 4.93. The van der Waals surface area contributed by atoms with Crippen molar-refractivity contribution >= 4 is 29.4 Å². The van der Waals surface area contributed by atoms with Gasteiger partial charge in [-0.3, -0.25) is 14.5 Å². The van der Waals surface area contributed by atoms with Crippen LogP contribution in [-0.4, -0.2) is 47.5 Å². The molecule has 0 bridgehead atoms. The number of para-hydroxylation sites is 1. The molecule has 7 nitrogen and oxygen atoms in total. The van der Waals surface area contributed by atoms with Gasteiger partial charge in [-0.1, -0.05) is 70.5 Å². The lowest BCUT2D eigenvalue weighted by Gasteiger charge is -2.25. The molecule has 4 rings (SSSR count). The van der Waals surface area contributed by atoms with E-state index in [2.05, 4.69) is 72.0 Å². The molecule has 1 atom stereocenters. The number of nitrogens with one attached hydrogen (secondary N) is 1. The molecule has 0 aliphatic carbocycles. The second-order valence-corrected chi connectivity index (χ2v) is 12.7. The number of benzene rings is 2. The monoisotopic (exact) mass is 548 g/mol. The molecule has 0 saturated heterocycles. The van der Waals surface area contributed by atoms with Crippen LogP contribution in [-0.2, 0) is 15.0 Å². The van der Waals surface area contributed by atoms with Crippen molar-refractivity contribution < 1.29 is 14.3 Å². The number of methoxy groups -OCH3 is 1. The molecule has 208 valence electrons. The van der Waals surface area contributed by atoms with Gasteiger partial charge in [0.05, 0.1) is 29.5 Å². The zero-order valence-corrected chi connectivity index (χ0v) is 25.1. The maximum Gasteiger partial charge on any atom is 0.240 e. The predicted octanol–water partition coefficient (Wildman–Crippen LogP) is 5.74. The highest BCUT2D eigenvalue weighted by Crippen LogP contribution is 2.50. The highest BCUT2D eigenvalue weighted by atomic mass is 32.2. The van der Waals surface area contributed by atoms with Crippen LogP contribution in [0.25, 0.3) is 5.69 Å². The molecule has 2 aromatic carbocycles. The van der Waals surface area contributed by atoms with Crippen molar-refractivity contribution in [2.24, 2.45) is 5.92 Å². The average molecular weight is 549 g/mol. The average Bonchev–Trinajstić information content (AvgIpc) is 3.20. The van der Waals surface area contributed by atoms with Gasteiger partial charge >= 0.3 is 0 Å². The van der Waals surface area contributed by atoms with E-state index in [9.17, 15) is 9.59 Å². The number of rotatable bonds is 7. The number of fused-ring (bicyclic) bond motifs is 1. The lowest BCUT2D eigenvalue weighted by atomic mass is 9.87. The maximum absolute atomic E-state index is 13.8. The van der Waals surface area contributed by atoms with E-state index in [1.165, 1.54) is 0 Å². The van der Waals surface area contributed by atoms with Gasteiger partial charge in [0.1, 0.15) is 18.1 Å². The summed E-state index contributed by atoms with van der Waals surface area (Å²) >= 11 is 1.56. The van der Waals surface area contributed by atoms with Crippen molar-refractivity contribution in [3.63, 3.8) is 0 Å². The van der Waals surface area contributed by atoms with Crippen molar-refractivity contribution in [1.29, 1.82) is 0 Å². The molecule has 39 heavy (non-hydrogen) atoms. The van der Waals surface area contributed by atoms with Crippen molar-refractivity contribution in [3.05, 3.63) is 70.4 Å². The van der Waals surface area contributed by atoms with Crippen molar-refractivity contribution in [2.45, 2.75) is 59.1 Å². The second kappa shape index (κ2) is 11.5. The maximum atomic E-state index is 13.8. The standard InChI is InChI=1S/C31H40N4O3S/c1-19(2)16-32-25(36)17-34-26(37)18-39-28(22-11-9-10-12-24(22)38-8)27-29(31(5,6)7)33-35(30(27)34)23-14-13-20(3)15-21(23)4/h9-15,19,28H,16-18H2,1-8H3,(H,32,36)/t28-/m1/s1. The fourth-order valence-corrected chi connectivity index (χ4v) is 6.15. The number of thioether (sulfide) groups is 1. The van der Waals surface area contributed by atoms with Crippen molar-refractivity contribution in [1.82, 2.24) is 15.1 Å². The Balaban J connectivity index is 2.02. The van der Waals surface area contributed by atoms with E-state index in [0.29, 0.717) is 18.3 Å². The number of aryl methyl sites for hydroxylation is 2. The molecule has 0 spiro atoms. The zero-order valence-electron chi connectivity index (χ0n) is 24.3. The quantitative estimate of drug-likeness (QED) is 0.408. The molecule has 8 heteroatoms. The first-order valence-corrected chi connectivity index (χ1v) is 14.5. The van der Waals surface area contributed by atoms with Crippen LogP contribution in [0.4, 0.5) is 5.82 Å². The summed E-state index contributed by atoms with van der Waals surface area (Å²) in [7, 11) is 1.67. The van der Waals surface area contributed by atoms with Crippen LogP contribution in [0.15, 0.2) is 42.5 Å². The Labute approximate surface area is 236 Å². The first-order chi connectivity index (χ1) is 18.4. The topological polar surface area (TPSA) is 76.5 Å². The Hall–Kier alpha value is -3.26. The third-order valence-corrected chi connectivity index (χ3v) is 8.05. The summed E-state index contributed by atoms with van der Waals surface area (Å²) in [5.74, 6) is 1.64. The Morgan fingerprint density at radius 1 is 1.18 bits per heavy atom. The summed E-state index contributed by atoms with van der Waals surface area (Å²) in [6.45, 7) is 15.1. The molecular formula is C31H40N4O3S. The van der Waals surface area contributed by atoms with Crippen LogP contribution in [0.3, 0.4) is 0 Å². The molecule has 2 amide bonds. The number of nitrogens with zero attached hydrogens (tertiary/aromatic N) is 3. The first-order valence-electron chi connectivity index (χ1n) is 13.4. The number of anilines is 1. The number of ether oxygens (including phenoxy) is 1. The molecular weight excluding hydrogens is 508 g/mol. The van der Waals surface area contributed by atoms with Gasteiger partial charge in [0.2, 0.25) is 11.8 Å². The fraction of sp³-hybridized carbons (Fsp3) is 0.452. The third kappa shape index (κ3) is 6.01. The van der Waals surface area contributed by atoms with Gasteiger partial charge in [-0.25, -0.2) is 4.68 Å². The number of hydrogen-bond acceptors (Lipinski definition) is 5. The largest absolute Gasteiger partial charge is 0.496 e. The van der Waals surface area contributed by atoms with Gasteiger partial charge in [-0.05, 0) is 37.5 Å². The van der Waals surface area contributed by atoms with Gasteiger partial charge in [-0.15, -0.1) is 11.8 Å². The van der Waals surface area contributed by atoms with Crippen LogP contribution < -0.4 is 15.0 Å². The van der Waals surface area contributed by atoms with Gasteiger partial charge in [0, 0.05) is 23.1 Å². The Morgan fingerprint density at radius 3 is 2.54 bits per heavy atom. The third-order valence-electron chi connectivity index (χ3n) is 6.81. The number of hydrogen-bond donors (Lipinski definition) is 1. The Kier molecular flexibility index (Phi) is 8.45. The first kappa shape index (κ1) is 28.7. The SMILES string of the molecule is COc1ccccc1[C@H]1SCC(=O)N(CC(=O)NCC(C)C)c2c1c(C(C)(C)C)nn2-c1ccc(C)cc1C. The van der Waals surface area contributed by atoms with E-state index in [1.807, 2.05) is 28.9 Å². The molecule has 1 aliphatic rings. The van der Waals surface area contributed by atoms with E-state index in [-0.39, 0.29) is 34.8 Å². The molecule has 2 heterocycles. The van der Waals surface area contributed by atoms with E-state index >= 15 is 0 Å². The predicted molar refractivity (Wildman–Crippen MR) is 159 cm³/mol. The van der Waals surface area contributed by atoms with Gasteiger partial charge < -0.3 is 10.1 Å². The highest BCUT2D eigenvalue weighted by Gasteiger charge is 2.40. The minimum Gasteiger partial charge on any atom is -0.496 e. The minimum absolute atomic E-state index is 0.0715. The van der Waals surface area contributed by atoms with Crippen LogP contribution in [0.5, 0.6) is 5.75 Å². The van der Waals surface area contributed by atoms with Crippen LogP contribution in [0.1, 0.15) is 67.8 Å². The number of amides is 2. The summed E-state index contributed by atoms with van der Waals surface area (Å²) in [6.07, 6.45) is 0. The van der Waals surface area contributed by atoms with E-state index in [4.69, 9.17) is 9.84 Å². The lowest BCUT2D eigenvalue weighted by Crippen LogP contribution is -2.43. The van der Waals surface area contributed by atoms with Crippen LogP contribution >= 0.6 is 11.8 Å². The zero-order chi connectivity index (χ0) is 28.5. The van der Waals surface area contributed by atoms with Crippen molar-refractivity contribution in [2.75, 3.05) is 30.9 Å². The number of aromatic nitrogens is 2. The molecule has 0 fully saturated rings.